The molecule has 22 heavy (non-hydrogen) atoms. The van der Waals surface area contributed by atoms with Crippen molar-refractivity contribution in [2.24, 2.45) is 0 Å². The van der Waals surface area contributed by atoms with E-state index in [2.05, 4.69) is 10.0 Å². The summed E-state index contributed by atoms with van der Waals surface area (Å²) in [5.41, 5.74) is -0.497. The molecule has 0 bridgehead atoms. The van der Waals surface area contributed by atoms with E-state index in [1.165, 1.54) is 6.92 Å². The average Bonchev–Trinajstić information content (AvgIpc) is 2.47. The summed E-state index contributed by atoms with van der Waals surface area (Å²) in [6, 6.07) is 0.763. The molecule has 0 atom stereocenters. The first-order chi connectivity index (χ1) is 10.3. The number of carbonyl (C=O) groups excluding carboxylic acids is 1. The van der Waals surface area contributed by atoms with Gasteiger partial charge in [-0.25, -0.2) is 31.1 Å². The summed E-state index contributed by atoms with van der Waals surface area (Å²) in [7, 11) is -3.29. The molecule has 0 aromatic heterocycles. The van der Waals surface area contributed by atoms with Gasteiger partial charge < -0.3 is 10.6 Å². The summed E-state index contributed by atoms with van der Waals surface area (Å²) in [4.78, 5) is 11.4. The van der Waals surface area contributed by atoms with Gasteiger partial charge in [0.05, 0.1) is 11.4 Å². The molecule has 0 spiro atoms. The summed E-state index contributed by atoms with van der Waals surface area (Å²) in [6.07, 6.45) is 0.312. The van der Waals surface area contributed by atoms with Crippen LogP contribution in [0.1, 0.15) is 13.3 Å². The Bertz CT molecular complexity index is 638. The molecule has 10 heteroatoms. The van der Waals surface area contributed by atoms with E-state index < -0.39 is 39.2 Å². The minimum atomic E-state index is -3.29. The summed E-state index contributed by atoms with van der Waals surface area (Å²) >= 11 is 0. The third kappa shape index (κ3) is 5.53. The second-order valence-corrected chi connectivity index (χ2v) is 6.35. The van der Waals surface area contributed by atoms with Crippen LogP contribution in [-0.4, -0.2) is 33.3 Å². The van der Waals surface area contributed by atoms with E-state index in [1.54, 1.807) is 0 Å². The SMILES string of the molecule is CCS(=O)(=O)NCCCNC(=O)Nc1ccc(F)c(F)c1F. The Labute approximate surface area is 126 Å². The summed E-state index contributed by atoms with van der Waals surface area (Å²) in [5.74, 6) is -4.57. The third-order valence-electron chi connectivity index (χ3n) is 2.62. The highest BCUT2D eigenvalue weighted by molar-refractivity contribution is 7.89. The Morgan fingerprint density at radius 3 is 2.45 bits per heavy atom. The summed E-state index contributed by atoms with van der Waals surface area (Å²) in [6.45, 7) is 1.74. The van der Waals surface area contributed by atoms with Crippen LogP contribution in [-0.2, 0) is 10.0 Å². The van der Waals surface area contributed by atoms with Crippen molar-refractivity contribution in [2.75, 3.05) is 24.2 Å². The lowest BCUT2D eigenvalue weighted by Crippen LogP contribution is -2.33. The smallest absolute Gasteiger partial charge is 0.319 e. The number of halogens is 3. The van der Waals surface area contributed by atoms with E-state index in [1.807, 2.05) is 5.32 Å². The van der Waals surface area contributed by atoms with Crippen LogP contribution in [0.5, 0.6) is 0 Å². The van der Waals surface area contributed by atoms with E-state index in [-0.39, 0.29) is 18.8 Å². The lowest BCUT2D eigenvalue weighted by molar-refractivity contribution is 0.252. The van der Waals surface area contributed by atoms with Crippen LogP contribution in [0.15, 0.2) is 12.1 Å². The molecule has 0 aliphatic heterocycles. The van der Waals surface area contributed by atoms with Crippen molar-refractivity contribution in [1.82, 2.24) is 10.0 Å². The zero-order valence-corrected chi connectivity index (χ0v) is 12.6. The fourth-order valence-electron chi connectivity index (χ4n) is 1.41. The molecule has 0 saturated heterocycles. The second-order valence-electron chi connectivity index (χ2n) is 4.26. The van der Waals surface area contributed by atoms with Gasteiger partial charge >= 0.3 is 6.03 Å². The summed E-state index contributed by atoms with van der Waals surface area (Å²) < 4.78 is 63.5. The molecule has 0 aliphatic rings. The first kappa shape index (κ1) is 18.2. The van der Waals surface area contributed by atoms with Gasteiger partial charge in [0.2, 0.25) is 10.0 Å². The molecule has 6 nitrogen and oxygen atoms in total. The lowest BCUT2D eigenvalue weighted by Gasteiger charge is -2.09. The van der Waals surface area contributed by atoms with E-state index in [0.717, 1.165) is 6.07 Å². The van der Waals surface area contributed by atoms with E-state index in [9.17, 15) is 26.4 Å². The van der Waals surface area contributed by atoms with Crippen LogP contribution in [0.4, 0.5) is 23.7 Å². The number of sulfonamides is 1. The zero-order chi connectivity index (χ0) is 16.8. The largest absolute Gasteiger partial charge is 0.338 e. The number of anilines is 1. The van der Waals surface area contributed by atoms with Crippen molar-refractivity contribution in [2.45, 2.75) is 13.3 Å². The van der Waals surface area contributed by atoms with Gasteiger partial charge in [0, 0.05) is 13.1 Å². The molecular weight excluding hydrogens is 323 g/mol. The molecule has 0 unspecified atom stereocenters. The third-order valence-corrected chi connectivity index (χ3v) is 4.03. The Hall–Kier alpha value is -1.81. The first-order valence-corrected chi connectivity index (χ1v) is 8.07. The molecule has 1 aromatic rings. The standard InChI is InChI=1S/C12H16F3N3O3S/c1-2-22(20,21)17-7-3-6-16-12(19)18-9-5-4-8(13)10(14)11(9)15/h4-5,17H,2-3,6-7H2,1H3,(H2,16,18,19). The van der Waals surface area contributed by atoms with Crippen LogP contribution < -0.4 is 15.4 Å². The van der Waals surface area contributed by atoms with Crippen molar-refractivity contribution in [3.63, 3.8) is 0 Å². The number of hydrogen-bond acceptors (Lipinski definition) is 3. The first-order valence-electron chi connectivity index (χ1n) is 6.42. The maximum Gasteiger partial charge on any atom is 0.319 e. The van der Waals surface area contributed by atoms with Crippen LogP contribution >= 0.6 is 0 Å². The maximum atomic E-state index is 13.3. The minimum absolute atomic E-state index is 0.0453. The minimum Gasteiger partial charge on any atom is -0.338 e. The van der Waals surface area contributed by atoms with Crippen molar-refractivity contribution in [1.29, 1.82) is 0 Å². The number of urea groups is 1. The molecule has 0 aliphatic carbocycles. The molecule has 0 fully saturated rings. The molecule has 124 valence electrons. The van der Waals surface area contributed by atoms with Crippen molar-refractivity contribution in [3.8, 4) is 0 Å². The number of rotatable bonds is 7. The van der Waals surface area contributed by atoms with Crippen LogP contribution in [0.3, 0.4) is 0 Å². The highest BCUT2D eigenvalue weighted by atomic mass is 32.2. The van der Waals surface area contributed by atoms with Crippen molar-refractivity contribution < 1.29 is 26.4 Å². The fraction of sp³-hybridized carbons (Fsp3) is 0.417. The maximum absolute atomic E-state index is 13.3. The van der Waals surface area contributed by atoms with E-state index in [4.69, 9.17) is 0 Å². The van der Waals surface area contributed by atoms with E-state index >= 15 is 0 Å². The van der Waals surface area contributed by atoms with E-state index in [0.29, 0.717) is 12.5 Å². The normalized spacial score (nSPS) is 11.3. The van der Waals surface area contributed by atoms with Gasteiger partial charge in [0.1, 0.15) is 0 Å². The molecule has 1 aromatic carbocycles. The molecule has 3 N–H and O–H groups in total. The molecule has 1 rings (SSSR count). The number of amides is 2. The van der Waals surface area contributed by atoms with Crippen molar-refractivity contribution >= 4 is 21.7 Å². The molecule has 0 saturated carbocycles. The Morgan fingerprint density at radius 2 is 1.82 bits per heavy atom. The number of hydrogen-bond donors (Lipinski definition) is 3. The predicted molar refractivity (Wildman–Crippen MR) is 75.4 cm³/mol. The Kier molecular flexibility index (Phi) is 6.62. The number of nitrogens with one attached hydrogen (secondary N) is 3. The van der Waals surface area contributed by atoms with Gasteiger partial charge in [-0.05, 0) is 25.5 Å². The van der Waals surface area contributed by atoms with Gasteiger partial charge in [-0.1, -0.05) is 0 Å². The highest BCUT2D eigenvalue weighted by Gasteiger charge is 2.14. The fourth-order valence-corrected chi connectivity index (χ4v) is 2.07. The van der Waals surface area contributed by atoms with Gasteiger partial charge in [-0.2, -0.15) is 0 Å². The molecule has 2 amide bonds. The van der Waals surface area contributed by atoms with Crippen LogP contribution in [0, 0.1) is 17.5 Å². The monoisotopic (exact) mass is 339 g/mol. The van der Waals surface area contributed by atoms with Gasteiger partial charge in [0.15, 0.2) is 17.5 Å². The Morgan fingerprint density at radius 1 is 1.14 bits per heavy atom. The molecule has 0 heterocycles. The van der Waals surface area contributed by atoms with Crippen molar-refractivity contribution in [3.05, 3.63) is 29.6 Å². The lowest BCUT2D eigenvalue weighted by atomic mass is 10.3. The molecular formula is C12H16F3N3O3S. The predicted octanol–water partition coefficient (Wildman–Crippen LogP) is 1.55. The van der Waals surface area contributed by atoms with Crippen LogP contribution in [0.25, 0.3) is 0 Å². The van der Waals surface area contributed by atoms with Gasteiger partial charge in [-0.3, -0.25) is 0 Å². The average molecular weight is 339 g/mol. The quantitative estimate of drug-likeness (QED) is 0.520. The number of benzene rings is 1. The highest BCUT2D eigenvalue weighted by Crippen LogP contribution is 2.19. The van der Waals surface area contributed by atoms with Crippen LogP contribution in [0.2, 0.25) is 0 Å². The second kappa shape index (κ2) is 7.99. The van der Waals surface area contributed by atoms with Gasteiger partial charge in [0.25, 0.3) is 0 Å². The zero-order valence-electron chi connectivity index (χ0n) is 11.8. The number of carbonyl (C=O) groups is 1. The summed E-state index contributed by atoms with van der Waals surface area (Å²) in [5, 5.41) is 4.36. The topological polar surface area (TPSA) is 87.3 Å². The Balaban J connectivity index is 2.37. The molecule has 0 radical (unpaired) electrons. The van der Waals surface area contributed by atoms with Gasteiger partial charge in [-0.15, -0.1) is 0 Å².